The Kier molecular flexibility index (Phi) is 5.66. The fraction of sp³-hybridized carbons (Fsp3) is 0.500. The van der Waals surface area contributed by atoms with Crippen LogP contribution in [0.4, 0.5) is 5.69 Å². The van der Waals surface area contributed by atoms with E-state index in [4.69, 9.17) is 4.74 Å². The molecule has 0 saturated carbocycles. The summed E-state index contributed by atoms with van der Waals surface area (Å²) in [6, 6.07) is 4.21. The Hall–Kier alpha value is -2.15. The predicted octanol–water partition coefficient (Wildman–Crippen LogP) is 1.88. The maximum Gasteiger partial charge on any atom is 0.285 e. The smallest absolute Gasteiger partial charge is 0.285 e. The van der Waals surface area contributed by atoms with Crippen molar-refractivity contribution in [2.24, 2.45) is 0 Å². The molecule has 0 aliphatic heterocycles. The molecule has 0 spiro atoms. The zero-order valence-corrected chi connectivity index (χ0v) is 12.4. The van der Waals surface area contributed by atoms with E-state index in [2.05, 4.69) is 5.32 Å². The molecule has 0 fully saturated rings. The van der Waals surface area contributed by atoms with Gasteiger partial charge >= 0.3 is 0 Å². The van der Waals surface area contributed by atoms with Gasteiger partial charge in [-0.05, 0) is 26.3 Å². The lowest BCUT2D eigenvalue weighted by molar-refractivity contribution is -0.385. The summed E-state index contributed by atoms with van der Waals surface area (Å²) in [5.74, 6) is -0.486. The largest absolute Gasteiger partial charge is 0.493 e. The second kappa shape index (κ2) is 7.03. The van der Waals surface area contributed by atoms with E-state index >= 15 is 0 Å². The van der Waals surface area contributed by atoms with Crippen LogP contribution in [0.3, 0.4) is 0 Å². The average Bonchev–Trinajstić information content (AvgIpc) is 2.45. The zero-order chi connectivity index (χ0) is 16.0. The van der Waals surface area contributed by atoms with Crippen molar-refractivity contribution < 1.29 is 19.6 Å². The monoisotopic (exact) mass is 296 g/mol. The van der Waals surface area contributed by atoms with Crippen LogP contribution in [-0.2, 0) is 0 Å². The number of ether oxygens (including phenoxy) is 1. The number of nitrogens with one attached hydrogen (secondary N) is 1. The lowest BCUT2D eigenvalue weighted by Crippen LogP contribution is -2.40. The number of hydrogen-bond donors (Lipinski definition) is 2. The Morgan fingerprint density at radius 3 is 2.67 bits per heavy atom. The zero-order valence-electron chi connectivity index (χ0n) is 12.4. The first-order valence-electron chi connectivity index (χ1n) is 6.73. The van der Waals surface area contributed by atoms with Crippen LogP contribution in [0.25, 0.3) is 0 Å². The van der Waals surface area contributed by atoms with E-state index in [1.807, 2.05) is 0 Å². The number of nitro groups is 1. The molecule has 1 unspecified atom stereocenters. The van der Waals surface area contributed by atoms with Crippen LogP contribution in [0.2, 0.25) is 0 Å². The van der Waals surface area contributed by atoms with E-state index in [-0.39, 0.29) is 30.2 Å². The molecule has 0 aliphatic rings. The second-order valence-electron chi connectivity index (χ2n) is 4.87. The number of rotatable bonds is 7. The highest BCUT2D eigenvalue weighted by Gasteiger charge is 2.27. The van der Waals surface area contributed by atoms with Gasteiger partial charge in [-0.3, -0.25) is 14.9 Å². The topological polar surface area (TPSA) is 102 Å². The first-order valence-corrected chi connectivity index (χ1v) is 6.73. The number of carbonyl (C=O) groups is 1. The SMILES string of the molecule is CCOc1cccc([N+](=O)[O-])c1C(=O)NCC(C)(O)CC. The third kappa shape index (κ3) is 4.42. The summed E-state index contributed by atoms with van der Waals surface area (Å²) in [6.45, 7) is 5.37. The van der Waals surface area contributed by atoms with Gasteiger partial charge in [0.15, 0.2) is 5.56 Å². The van der Waals surface area contributed by atoms with Crippen LogP contribution in [0.5, 0.6) is 5.75 Å². The van der Waals surface area contributed by atoms with Gasteiger partial charge in [0.2, 0.25) is 0 Å². The van der Waals surface area contributed by atoms with Crippen LogP contribution in [0.1, 0.15) is 37.6 Å². The maximum absolute atomic E-state index is 12.2. The Bertz CT molecular complexity index is 528. The van der Waals surface area contributed by atoms with Crippen molar-refractivity contribution in [2.75, 3.05) is 13.2 Å². The predicted molar refractivity (Wildman–Crippen MR) is 77.5 cm³/mol. The van der Waals surface area contributed by atoms with Crippen molar-refractivity contribution in [3.63, 3.8) is 0 Å². The lowest BCUT2D eigenvalue weighted by Gasteiger charge is -2.21. The molecule has 21 heavy (non-hydrogen) atoms. The molecular weight excluding hydrogens is 276 g/mol. The Morgan fingerprint density at radius 1 is 1.48 bits per heavy atom. The quantitative estimate of drug-likeness (QED) is 0.591. The summed E-state index contributed by atoms with van der Waals surface area (Å²) in [4.78, 5) is 22.7. The molecule has 0 saturated heterocycles. The highest BCUT2D eigenvalue weighted by atomic mass is 16.6. The molecule has 1 aromatic rings. The molecule has 1 aromatic carbocycles. The molecule has 1 atom stereocenters. The molecule has 7 heteroatoms. The van der Waals surface area contributed by atoms with E-state index in [9.17, 15) is 20.0 Å². The van der Waals surface area contributed by atoms with E-state index in [0.717, 1.165) is 0 Å². The number of nitro benzene ring substituents is 1. The maximum atomic E-state index is 12.2. The molecule has 116 valence electrons. The molecule has 0 aliphatic carbocycles. The second-order valence-corrected chi connectivity index (χ2v) is 4.87. The third-order valence-corrected chi connectivity index (χ3v) is 3.12. The number of carbonyl (C=O) groups excluding carboxylic acids is 1. The van der Waals surface area contributed by atoms with E-state index in [1.54, 1.807) is 20.8 Å². The first kappa shape index (κ1) is 16.9. The van der Waals surface area contributed by atoms with Gasteiger partial charge in [-0.15, -0.1) is 0 Å². The fourth-order valence-corrected chi connectivity index (χ4v) is 1.66. The van der Waals surface area contributed by atoms with Crippen LogP contribution in [0, 0.1) is 10.1 Å². The number of benzene rings is 1. The number of nitrogens with zero attached hydrogens (tertiary/aromatic N) is 1. The van der Waals surface area contributed by atoms with Gasteiger partial charge < -0.3 is 15.2 Å². The number of amides is 1. The summed E-state index contributed by atoms with van der Waals surface area (Å²) in [7, 11) is 0. The van der Waals surface area contributed by atoms with Crippen molar-refractivity contribution in [1.82, 2.24) is 5.32 Å². The van der Waals surface area contributed by atoms with Crippen molar-refractivity contribution in [1.29, 1.82) is 0 Å². The molecule has 0 radical (unpaired) electrons. The van der Waals surface area contributed by atoms with Gasteiger partial charge in [-0.2, -0.15) is 0 Å². The summed E-state index contributed by atoms with van der Waals surface area (Å²) in [5, 5.41) is 23.5. The van der Waals surface area contributed by atoms with Crippen LogP contribution < -0.4 is 10.1 Å². The van der Waals surface area contributed by atoms with Gasteiger partial charge in [0.25, 0.3) is 11.6 Å². The van der Waals surface area contributed by atoms with Gasteiger partial charge in [0.05, 0.1) is 17.1 Å². The van der Waals surface area contributed by atoms with Crippen LogP contribution >= 0.6 is 0 Å². The van der Waals surface area contributed by atoms with Crippen molar-refractivity contribution >= 4 is 11.6 Å². The molecule has 0 heterocycles. The molecule has 1 rings (SSSR count). The normalized spacial score (nSPS) is 13.3. The van der Waals surface area contributed by atoms with Gasteiger partial charge in [-0.1, -0.05) is 13.0 Å². The van der Waals surface area contributed by atoms with Gasteiger partial charge in [0, 0.05) is 12.6 Å². The van der Waals surface area contributed by atoms with E-state index < -0.39 is 16.4 Å². The fourth-order valence-electron chi connectivity index (χ4n) is 1.66. The standard InChI is InChI=1S/C14H20N2O5/c1-4-14(3,18)9-15-13(17)12-10(16(19)20)7-6-8-11(12)21-5-2/h6-8,18H,4-5,9H2,1-3H3,(H,15,17). The van der Waals surface area contributed by atoms with Crippen molar-refractivity contribution in [2.45, 2.75) is 32.8 Å². The van der Waals surface area contributed by atoms with Crippen molar-refractivity contribution in [3.05, 3.63) is 33.9 Å². The highest BCUT2D eigenvalue weighted by Crippen LogP contribution is 2.28. The van der Waals surface area contributed by atoms with E-state index in [1.165, 1.54) is 18.2 Å². The Balaban J connectivity index is 3.08. The molecule has 0 aromatic heterocycles. The molecule has 2 N–H and O–H groups in total. The Labute approximate surface area is 123 Å². The summed E-state index contributed by atoms with van der Waals surface area (Å²) in [5.41, 5.74) is -1.52. The minimum absolute atomic E-state index is 0.0000527. The summed E-state index contributed by atoms with van der Waals surface area (Å²) in [6.07, 6.45) is 0.447. The van der Waals surface area contributed by atoms with Gasteiger partial charge in [0.1, 0.15) is 5.75 Å². The third-order valence-electron chi connectivity index (χ3n) is 3.12. The minimum Gasteiger partial charge on any atom is -0.493 e. The van der Waals surface area contributed by atoms with Crippen LogP contribution in [-0.4, -0.2) is 34.7 Å². The van der Waals surface area contributed by atoms with Crippen molar-refractivity contribution in [3.8, 4) is 5.75 Å². The molecule has 0 bridgehead atoms. The van der Waals surface area contributed by atoms with Crippen LogP contribution in [0.15, 0.2) is 18.2 Å². The highest BCUT2D eigenvalue weighted by molar-refractivity contribution is 6.00. The molecular formula is C14H20N2O5. The number of hydrogen-bond acceptors (Lipinski definition) is 5. The lowest BCUT2D eigenvalue weighted by atomic mass is 10.0. The molecule has 7 nitrogen and oxygen atoms in total. The van der Waals surface area contributed by atoms with E-state index in [0.29, 0.717) is 6.42 Å². The Morgan fingerprint density at radius 2 is 2.14 bits per heavy atom. The summed E-state index contributed by atoms with van der Waals surface area (Å²) < 4.78 is 5.28. The first-order chi connectivity index (χ1) is 9.82. The summed E-state index contributed by atoms with van der Waals surface area (Å²) >= 11 is 0. The molecule has 1 amide bonds. The average molecular weight is 296 g/mol. The van der Waals surface area contributed by atoms with Gasteiger partial charge in [-0.25, -0.2) is 0 Å². The minimum atomic E-state index is -1.06. The number of aliphatic hydroxyl groups is 1.